The van der Waals surface area contributed by atoms with Crippen LogP contribution >= 0.6 is 0 Å². The third-order valence-electron chi connectivity index (χ3n) is 5.55. The number of ketones is 1. The zero-order chi connectivity index (χ0) is 21.3. The van der Waals surface area contributed by atoms with Gasteiger partial charge in [0.2, 0.25) is 5.91 Å². The Labute approximate surface area is 175 Å². The van der Waals surface area contributed by atoms with E-state index in [1.54, 1.807) is 12.1 Å². The predicted molar refractivity (Wildman–Crippen MR) is 120 cm³/mol. The maximum absolute atomic E-state index is 12.8. The Bertz CT molecular complexity index is 1120. The summed E-state index contributed by atoms with van der Waals surface area (Å²) >= 11 is 0. The number of benzene rings is 2. The smallest absolute Gasteiger partial charge is 0.246 e. The van der Waals surface area contributed by atoms with Crippen LogP contribution in [0.15, 0.2) is 59.0 Å². The first-order valence-corrected chi connectivity index (χ1v) is 10.0. The Morgan fingerprint density at radius 3 is 2.37 bits per heavy atom. The molecule has 30 heavy (non-hydrogen) atoms. The number of carbonyl (C=O) groups excluding carboxylic acids is 2. The summed E-state index contributed by atoms with van der Waals surface area (Å²) in [5.41, 5.74) is 9.89. The fourth-order valence-corrected chi connectivity index (χ4v) is 3.81. The summed E-state index contributed by atoms with van der Waals surface area (Å²) in [7, 11) is 0. The van der Waals surface area contributed by atoms with E-state index >= 15 is 0 Å². The molecule has 154 valence electrons. The lowest BCUT2D eigenvalue weighted by molar-refractivity contribution is -0.126. The fourth-order valence-electron chi connectivity index (χ4n) is 3.81. The predicted octanol–water partition coefficient (Wildman–Crippen LogP) is 3.97. The van der Waals surface area contributed by atoms with Gasteiger partial charge >= 0.3 is 0 Å². The molecule has 1 aliphatic heterocycles. The van der Waals surface area contributed by atoms with Crippen LogP contribution in [0.25, 0.3) is 16.5 Å². The number of carbonyl (C=O) groups is 2. The van der Waals surface area contributed by atoms with Crippen LogP contribution in [0.5, 0.6) is 0 Å². The van der Waals surface area contributed by atoms with Gasteiger partial charge in [0, 0.05) is 50.3 Å². The molecular weight excluding hydrogens is 378 g/mol. The number of nitrogens with two attached hydrogens (primary N) is 1. The number of allylic oxidation sites excluding steroid dienone is 1. The molecule has 0 bridgehead atoms. The maximum atomic E-state index is 12.8. The number of para-hydroxylation sites is 1. The molecule has 1 aliphatic rings. The van der Waals surface area contributed by atoms with Gasteiger partial charge in [0.25, 0.3) is 0 Å². The molecule has 1 saturated heterocycles. The fraction of sp³-hybridized carbons (Fsp3) is 0.250. The number of Topliss-reactive ketones (excluding diaryl/α,β-unsaturated/α-hetero) is 1. The zero-order valence-corrected chi connectivity index (χ0v) is 17.2. The van der Waals surface area contributed by atoms with E-state index in [0.29, 0.717) is 29.7 Å². The second-order valence-corrected chi connectivity index (χ2v) is 7.59. The van der Waals surface area contributed by atoms with Crippen molar-refractivity contribution in [2.45, 2.75) is 13.8 Å². The molecule has 0 spiro atoms. The molecule has 0 aliphatic carbocycles. The molecule has 1 aromatic heterocycles. The van der Waals surface area contributed by atoms with E-state index in [1.165, 1.54) is 12.6 Å². The topological polar surface area (TPSA) is 79.8 Å². The number of nitrogen functional groups attached to an aromatic ring is 1. The van der Waals surface area contributed by atoms with Crippen LogP contribution in [-0.4, -0.2) is 42.8 Å². The zero-order valence-electron chi connectivity index (χ0n) is 17.2. The van der Waals surface area contributed by atoms with E-state index < -0.39 is 0 Å². The molecule has 0 unspecified atom stereocenters. The van der Waals surface area contributed by atoms with Crippen LogP contribution in [0.1, 0.15) is 30.0 Å². The molecule has 0 atom stereocenters. The summed E-state index contributed by atoms with van der Waals surface area (Å²) in [4.78, 5) is 28.6. The average Bonchev–Trinajstić information content (AvgIpc) is 3.10. The molecular formula is C24H25N3O3. The van der Waals surface area contributed by atoms with Crippen molar-refractivity contribution in [2.24, 2.45) is 0 Å². The van der Waals surface area contributed by atoms with Crippen molar-refractivity contribution in [3.8, 4) is 0 Å². The van der Waals surface area contributed by atoms with Gasteiger partial charge in [0.15, 0.2) is 11.5 Å². The minimum atomic E-state index is -0.206. The number of hydrogen-bond donors (Lipinski definition) is 1. The SMILES string of the molecule is CC(=O)c1oc2ccc(/C(C)=C/C(=O)N3CCN(c4ccccc4)CC3)cc2c1N. The molecule has 2 heterocycles. The molecule has 2 N–H and O–H groups in total. The highest BCUT2D eigenvalue weighted by Gasteiger charge is 2.20. The second kappa shape index (κ2) is 8.06. The van der Waals surface area contributed by atoms with Gasteiger partial charge in [-0.3, -0.25) is 9.59 Å². The summed E-state index contributed by atoms with van der Waals surface area (Å²) < 4.78 is 5.54. The minimum absolute atomic E-state index is 0.00454. The van der Waals surface area contributed by atoms with Crippen molar-refractivity contribution in [1.29, 1.82) is 0 Å². The summed E-state index contributed by atoms with van der Waals surface area (Å²) in [5.74, 6) is -0.0246. The molecule has 1 fully saturated rings. The van der Waals surface area contributed by atoms with Crippen molar-refractivity contribution in [2.75, 3.05) is 36.8 Å². The first kappa shape index (κ1) is 19.8. The molecule has 0 saturated carbocycles. The summed E-state index contributed by atoms with van der Waals surface area (Å²) in [5, 5.41) is 0.689. The largest absolute Gasteiger partial charge is 0.451 e. The van der Waals surface area contributed by atoms with E-state index in [9.17, 15) is 9.59 Å². The Kier molecular flexibility index (Phi) is 5.31. The number of anilines is 2. The van der Waals surface area contributed by atoms with Crippen LogP contribution < -0.4 is 10.6 Å². The Hall–Kier alpha value is -3.54. The van der Waals surface area contributed by atoms with Gasteiger partial charge < -0.3 is 20.0 Å². The second-order valence-electron chi connectivity index (χ2n) is 7.59. The Balaban J connectivity index is 1.47. The van der Waals surface area contributed by atoms with E-state index in [2.05, 4.69) is 17.0 Å². The normalized spacial score (nSPS) is 14.9. The molecule has 6 nitrogen and oxygen atoms in total. The van der Waals surface area contributed by atoms with Gasteiger partial charge in [-0.2, -0.15) is 0 Å². The van der Waals surface area contributed by atoms with Crippen LogP contribution in [-0.2, 0) is 4.79 Å². The number of fused-ring (bicyclic) bond motifs is 1. The van der Waals surface area contributed by atoms with Gasteiger partial charge in [0.05, 0.1) is 5.69 Å². The molecule has 1 amide bonds. The highest BCUT2D eigenvalue weighted by atomic mass is 16.3. The maximum Gasteiger partial charge on any atom is 0.246 e. The third-order valence-corrected chi connectivity index (χ3v) is 5.55. The molecule has 3 aromatic rings. The number of hydrogen-bond acceptors (Lipinski definition) is 5. The average molecular weight is 403 g/mol. The van der Waals surface area contributed by atoms with Crippen molar-refractivity contribution in [3.05, 3.63) is 65.9 Å². The van der Waals surface area contributed by atoms with Gasteiger partial charge in [-0.05, 0) is 42.3 Å². The molecule has 6 heteroatoms. The van der Waals surface area contributed by atoms with Gasteiger partial charge in [-0.25, -0.2) is 0 Å². The van der Waals surface area contributed by atoms with Crippen molar-refractivity contribution < 1.29 is 14.0 Å². The van der Waals surface area contributed by atoms with Crippen molar-refractivity contribution in [3.63, 3.8) is 0 Å². The van der Waals surface area contributed by atoms with Crippen LogP contribution in [0.2, 0.25) is 0 Å². The minimum Gasteiger partial charge on any atom is -0.451 e. The molecule has 2 aromatic carbocycles. The van der Waals surface area contributed by atoms with E-state index in [4.69, 9.17) is 10.2 Å². The number of nitrogens with zero attached hydrogens (tertiary/aromatic N) is 2. The number of piperazine rings is 1. The molecule has 4 rings (SSSR count). The lowest BCUT2D eigenvalue weighted by atomic mass is 10.0. The lowest BCUT2D eigenvalue weighted by Gasteiger charge is -2.35. The van der Waals surface area contributed by atoms with E-state index in [0.717, 1.165) is 24.2 Å². The summed E-state index contributed by atoms with van der Waals surface area (Å²) in [6.45, 7) is 6.33. The molecule has 0 radical (unpaired) electrons. The van der Waals surface area contributed by atoms with Crippen LogP contribution in [0.3, 0.4) is 0 Å². The Morgan fingerprint density at radius 1 is 1.00 bits per heavy atom. The van der Waals surface area contributed by atoms with Crippen LogP contribution in [0.4, 0.5) is 11.4 Å². The van der Waals surface area contributed by atoms with Crippen LogP contribution in [0, 0.1) is 0 Å². The number of furan rings is 1. The lowest BCUT2D eigenvalue weighted by Crippen LogP contribution is -2.48. The first-order valence-electron chi connectivity index (χ1n) is 10.0. The summed E-state index contributed by atoms with van der Waals surface area (Å²) in [6.07, 6.45) is 1.67. The quantitative estimate of drug-likeness (QED) is 0.527. The first-order chi connectivity index (χ1) is 14.4. The number of rotatable bonds is 4. The number of amides is 1. The van der Waals surface area contributed by atoms with Gasteiger partial charge in [0.1, 0.15) is 5.58 Å². The van der Waals surface area contributed by atoms with Gasteiger partial charge in [-0.15, -0.1) is 0 Å². The third kappa shape index (κ3) is 3.81. The van der Waals surface area contributed by atoms with E-state index in [1.807, 2.05) is 42.2 Å². The summed E-state index contributed by atoms with van der Waals surface area (Å²) in [6, 6.07) is 15.8. The highest BCUT2D eigenvalue weighted by molar-refractivity contribution is 6.06. The van der Waals surface area contributed by atoms with Gasteiger partial charge in [-0.1, -0.05) is 24.3 Å². The Morgan fingerprint density at radius 2 is 1.70 bits per heavy atom. The van der Waals surface area contributed by atoms with Crippen molar-refractivity contribution >= 4 is 39.6 Å². The highest BCUT2D eigenvalue weighted by Crippen LogP contribution is 2.31. The van der Waals surface area contributed by atoms with Crippen molar-refractivity contribution in [1.82, 2.24) is 4.90 Å². The monoisotopic (exact) mass is 403 g/mol. The van der Waals surface area contributed by atoms with E-state index in [-0.39, 0.29) is 17.5 Å². The standard InChI is InChI=1S/C24H25N3O3/c1-16(18-8-9-21-20(15-18)23(25)24(30-21)17(2)28)14-22(29)27-12-10-26(11-13-27)19-6-4-3-5-7-19/h3-9,14-15H,10-13,25H2,1-2H3/b16-14+.